The summed E-state index contributed by atoms with van der Waals surface area (Å²) in [5.74, 6) is -2.48. The first-order chi connectivity index (χ1) is 7.87. The average molecular weight is 263 g/mol. The van der Waals surface area contributed by atoms with Gasteiger partial charge in [-0.3, -0.25) is 9.59 Å². The maximum Gasteiger partial charge on any atom is 0.307 e. The number of sulfone groups is 1. The fourth-order valence-corrected chi connectivity index (χ4v) is 2.42. The van der Waals surface area contributed by atoms with Crippen LogP contribution in [0.15, 0.2) is 0 Å². The maximum atomic E-state index is 11.5. The Morgan fingerprint density at radius 3 is 2.29 bits per heavy atom. The topological polar surface area (TPSA) is 101 Å². The fourth-order valence-electron chi connectivity index (χ4n) is 1.71. The lowest BCUT2D eigenvalue weighted by Crippen LogP contribution is -2.45. The third kappa shape index (κ3) is 3.69. The number of aliphatic carboxylic acids is 1. The predicted molar refractivity (Wildman–Crippen MR) is 61.2 cm³/mol. The van der Waals surface area contributed by atoms with Gasteiger partial charge in [-0.2, -0.15) is 0 Å². The Bertz CT molecular complexity index is 403. The van der Waals surface area contributed by atoms with Crippen molar-refractivity contribution in [2.75, 3.05) is 18.1 Å². The van der Waals surface area contributed by atoms with Gasteiger partial charge in [-0.15, -0.1) is 0 Å². The van der Waals surface area contributed by atoms with Gasteiger partial charge in [-0.25, -0.2) is 8.42 Å². The summed E-state index contributed by atoms with van der Waals surface area (Å²) in [6.45, 7) is 1.60. The molecule has 1 aliphatic rings. The van der Waals surface area contributed by atoms with E-state index in [4.69, 9.17) is 5.11 Å². The van der Waals surface area contributed by atoms with Crippen molar-refractivity contribution in [3.63, 3.8) is 0 Å². The molecule has 0 heterocycles. The number of hydrogen-bond donors (Lipinski definition) is 2. The van der Waals surface area contributed by atoms with Gasteiger partial charge in [0.15, 0.2) is 9.84 Å². The number of carbonyl (C=O) groups excluding carboxylic acids is 1. The van der Waals surface area contributed by atoms with Gasteiger partial charge in [-0.1, -0.05) is 6.92 Å². The van der Waals surface area contributed by atoms with Crippen LogP contribution in [0.3, 0.4) is 0 Å². The van der Waals surface area contributed by atoms with Crippen molar-refractivity contribution in [1.29, 1.82) is 0 Å². The molecule has 0 saturated heterocycles. The molecule has 0 aromatic rings. The van der Waals surface area contributed by atoms with Crippen LogP contribution in [0.4, 0.5) is 0 Å². The zero-order chi connectivity index (χ0) is 13.1. The molecule has 0 radical (unpaired) electrons. The molecule has 2 atom stereocenters. The van der Waals surface area contributed by atoms with E-state index in [0.717, 1.165) is 0 Å². The lowest BCUT2D eigenvalue weighted by molar-refractivity contribution is -0.152. The van der Waals surface area contributed by atoms with Crippen molar-refractivity contribution >= 4 is 21.7 Å². The summed E-state index contributed by atoms with van der Waals surface area (Å²) >= 11 is 0. The monoisotopic (exact) mass is 263 g/mol. The summed E-state index contributed by atoms with van der Waals surface area (Å²) in [7, 11) is -3.09. The van der Waals surface area contributed by atoms with Gasteiger partial charge >= 0.3 is 5.97 Å². The minimum atomic E-state index is -3.09. The first kappa shape index (κ1) is 14.0. The van der Waals surface area contributed by atoms with Gasteiger partial charge in [0.25, 0.3) is 0 Å². The van der Waals surface area contributed by atoms with Crippen LogP contribution in [0.1, 0.15) is 19.8 Å². The molecule has 98 valence electrons. The molecule has 6 nitrogen and oxygen atoms in total. The van der Waals surface area contributed by atoms with Crippen LogP contribution in [0.2, 0.25) is 0 Å². The van der Waals surface area contributed by atoms with E-state index in [2.05, 4.69) is 5.32 Å². The zero-order valence-electron chi connectivity index (χ0n) is 9.68. The summed E-state index contributed by atoms with van der Waals surface area (Å²) < 4.78 is 22.3. The normalized spacial score (nSPS) is 23.8. The van der Waals surface area contributed by atoms with Crippen LogP contribution in [-0.4, -0.2) is 43.5 Å². The van der Waals surface area contributed by atoms with Crippen molar-refractivity contribution in [2.24, 2.45) is 11.8 Å². The van der Waals surface area contributed by atoms with E-state index in [1.54, 1.807) is 6.92 Å². The Labute approximate surface area is 100 Å². The standard InChI is InChI=1S/C10H17NO5S/c1-2-17(15,16)6-5-11-9(12)7-3-4-8(7)10(13)14/h7-8H,2-6H2,1H3,(H,11,12)(H,13,14). The molecule has 1 aliphatic carbocycles. The molecule has 2 unspecified atom stereocenters. The van der Waals surface area contributed by atoms with E-state index in [1.165, 1.54) is 0 Å². The number of hydrogen-bond acceptors (Lipinski definition) is 4. The van der Waals surface area contributed by atoms with Crippen molar-refractivity contribution in [1.82, 2.24) is 5.32 Å². The van der Waals surface area contributed by atoms with Gasteiger partial charge in [0, 0.05) is 12.3 Å². The fraction of sp³-hybridized carbons (Fsp3) is 0.800. The van der Waals surface area contributed by atoms with Crippen molar-refractivity contribution in [3.05, 3.63) is 0 Å². The molecule has 7 heteroatoms. The Morgan fingerprint density at radius 2 is 1.88 bits per heavy atom. The molecule has 0 bridgehead atoms. The van der Waals surface area contributed by atoms with Crippen molar-refractivity contribution < 1.29 is 23.1 Å². The Morgan fingerprint density at radius 1 is 1.29 bits per heavy atom. The SMILES string of the molecule is CCS(=O)(=O)CCNC(=O)C1CCC1C(=O)O. The molecule has 0 aliphatic heterocycles. The van der Waals surface area contributed by atoms with E-state index in [9.17, 15) is 18.0 Å². The number of rotatable bonds is 6. The number of nitrogens with one attached hydrogen (secondary N) is 1. The van der Waals surface area contributed by atoms with E-state index in [1.807, 2.05) is 0 Å². The molecule has 0 spiro atoms. The third-order valence-electron chi connectivity index (χ3n) is 3.08. The molecule has 0 aromatic heterocycles. The van der Waals surface area contributed by atoms with Gasteiger partial charge < -0.3 is 10.4 Å². The van der Waals surface area contributed by atoms with Gasteiger partial charge in [0.05, 0.1) is 17.6 Å². The lowest BCUT2D eigenvalue weighted by atomic mass is 9.73. The first-order valence-electron chi connectivity index (χ1n) is 5.58. The second-order valence-electron chi connectivity index (χ2n) is 4.16. The largest absolute Gasteiger partial charge is 0.481 e. The van der Waals surface area contributed by atoms with E-state index in [-0.39, 0.29) is 24.0 Å². The number of carboxylic acids is 1. The first-order valence-corrected chi connectivity index (χ1v) is 7.40. The molecule has 1 rings (SSSR count). The number of carboxylic acid groups (broad SMARTS) is 1. The quantitative estimate of drug-likeness (QED) is 0.682. The molecule has 17 heavy (non-hydrogen) atoms. The van der Waals surface area contributed by atoms with Crippen molar-refractivity contribution in [2.45, 2.75) is 19.8 Å². The summed E-state index contributed by atoms with van der Waals surface area (Å²) in [4.78, 5) is 22.2. The molecule has 1 fully saturated rings. The Hall–Kier alpha value is -1.11. The average Bonchev–Trinajstić information content (AvgIpc) is 2.14. The number of carbonyl (C=O) groups is 2. The molecule has 2 N–H and O–H groups in total. The maximum absolute atomic E-state index is 11.5. The van der Waals surface area contributed by atoms with Crippen LogP contribution >= 0.6 is 0 Å². The van der Waals surface area contributed by atoms with Crippen LogP contribution in [0, 0.1) is 11.8 Å². The predicted octanol–water partition coefficient (Wildman–Crippen LogP) is -0.352. The highest BCUT2D eigenvalue weighted by Gasteiger charge is 2.41. The number of amides is 1. The Kier molecular flexibility index (Phi) is 4.50. The second-order valence-corrected chi connectivity index (χ2v) is 6.63. The van der Waals surface area contributed by atoms with Crippen molar-refractivity contribution in [3.8, 4) is 0 Å². The highest BCUT2D eigenvalue weighted by molar-refractivity contribution is 7.91. The minimum Gasteiger partial charge on any atom is -0.481 e. The smallest absolute Gasteiger partial charge is 0.307 e. The summed E-state index contributed by atoms with van der Waals surface area (Å²) in [6, 6.07) is 0. The summed E-state index contributed by atoms with van der Waals surface area (Å²) in [5, 5.41) is 11.2. The molecular weight excluding hydrogens is 246 g/mol. The Balaban J connectivity index is 2.34. The molecular formula is C10H17NO5S. The minimum absolute atomic E-state index is 0.0457. The van der Waals surface area contributed by atoms with Gasteiger partial charge in [-0.05, 0) is 12.8 Å². The lowest BCUT2D eigenvalue weighted by Gasteiger charge is -2.31. The van der Waals surface area contributed by atoms with E-state index in [0.29, 0.717) is 12.8 Å². The van der Waals surface area contributed by atoms with E-state index < -0.39 is 27.6 Å². The third-order valence-corrected chi connectivity index (χ3v) is 4.79. The van der Waals surface area contributed by atoms with Gasteiger partial charge in [0.2, 0.25) is 5.91 Å². The van der Waals surface area contributed by atoms with E-state index >= 15 is 0 Å². The zero-order valence-corrected chi connectivity index (χ0v) is 10.5. The summed E-state index contributed by atoms with van der Waals surface area (Å²) in [6.07, 6.45) is 1.07. The molecule has 1 saturated carbocycles. The van der Waals surface area contributed by atoms with Gasteiger partial charge in [0.1, 0.15) is 0 Å². The highest BCUT2D eigenvalue weighted by atomic mass is 32.2. The van der Waals surface area contributed by atoms with Crippen LogP contribution in [-0.2, 0) is 19.4 Å². The van der Waals surface area contributed by atoms with Crippen LogP contribution in [0.25, 0.3) is 0 Å². The summed E-state index contributed by atoms with van der Waals surface area (Å²) in [5.41, 5.74) is 0. The molecule has 0 aromatic carbocycles. The second kappa shape index (κ2) is 5.48. The molecule has 1 amide bonds. The van der Waals surface area contributed by atoms with Crippen LogP contribution < -0.4 is 5.32 Å². The highest BCUT2D eigenvalue weighted by Crippen LogP contribution is 2.34. The van der Waals surface area contributed by atoms with Crippen LogP contribution in [0.5, 0.6) is 0 Å².